The van der Waals surface area contributed by atoms with Crippen molar-refractivity contribution in [3.8, 4) is 0 Å². The Morgan fingerprint density at radius 2 is 1.59 bits per heavy atom. The molecule has 3 aromatic carbocycles. The van der Waals surface area contributed by atoms with E-state index in [4.69, 9.17) is 0 Å². The normalized spacial score (nSPS) is 11.4. The Balaban J connectivity index is 1.70. The van der Waals surface area contributed by atoms with Gasteiger partial charge in [-0.2, -0.15) is 4.31 Å². The number of para-hydroxylation sites is 1. The monoisotopic (exact) mass is 490 g/mol. The zero-order chi connectivity index (χ0) is 20.9. The minimum absolute atomic E-state index is 0.135. The van der Waals surface area contributed by atoms with Crippen molar-refractivity contribution in [2.75, 3.05) is 18.9 Å². The minimum Gasteiger partial charge on any atom is -0.324 e. The first-order valence-corrected chi connectivity index (χ1v) is 11.7. The van der Waals surface area contributed by atoms with E-state index in [1.54, 1.807) is 18.2 Å². The minimum atomic E-state index is -3.76. The van der Waals surface area contributed by atoms with E-state index in [-0.39, 0.29) is 11.4 Å². The molecular weight excluding hydrogens is 472 g/mol. The summed E-state index contributed by atoms with van der Waals surface area (Å²) in [6.45, 7) is -0.289. The lowest BCUT2D eigenvalue weighted by molar-refractivity contribution is -0.116. The molecule has 0 saturated heterocycles. The molecule has 29 heavy (non-hydrogen) atoms. The Morgan fingerprint density at radius 3 is 2.28 bits per heavy atom. The van der Waals surface area contributed by atoms with Gasteiger partial charge in [-0.1, -0.05) is 58.0 Å². The van der Waals surface area contributed by atoms with Crippen LogP contribution in [-0.2, 0) is 14.8 Å². The van der Waals surface area contributed by atoms with E-state index in [1.807, 2.05) is 48.5 Å². The first-order valence-electron chi connectivity index (χ1n) is 8.70. The SMILES string of the molecule is CN(CC(=O)Nc1ccccc1Sc1ccccc1)S(=O)(=O)c1ccc(Br)cc1. The molecule has 0 fully saturated rings. The number of halogens is 1. The molecule has 0 aliphatic rings. The van der Waals surface area contributed by atoms with E-state index in [1.165, 1.54) is 30.9 Å². The molecule has 150 valence electrons. The number of nitrogens with one attached hydrogen (secondary N) is 1. The van der Waals surface area contributed by atoms with Crippen LogP contribution in [0, 0.1) is 0 Å². The number of benzene rings is 3. The van der Waals surface area contributed by atoms with Crippen molar-refractivity contribution in [1.82, 2.24) is 4.31 Å². The van der Waals surface area contributed by atoms with Crippen molar-refractivity contribution in [3.63, 3.8) is 0 Å². The number of likely N-dealkylation sites (N-methyl/N-ethyl adjacent to an activating group) is 1. The van der Waals surface area contributed by atoms with Gasteiger partial charge in [0.05, 0.1) is 17.1 Å². The molecule has 0 aliphatic carbocycles. The van der Waals surface area contributed by atoms with Gasteiger partial charge in [0.2, 0.25) is 15.9 Å². The van der Waals surface area contributed by atoms with Crippen molar-refractivity contribution in [1.29, 1.82) is 0 Å². The maximum atomic E-state index is 12.7. The number of hydrogen-bond donors (Lipinski definition) is 1. The summed E-state index contributed by atoms with van der Waals surface area (Å²) in [5.74, 6) is -0.408. The summed E-state index contributed by atoms with van der Waals surface area (Å²) in [6, 6.07) is 23.6. The molecule has 0 aliphatic heterocycles. The number of carbonyl (C=O) groups excluding carboxylic acids is 1. The summed E-state index contributed by atoms with van der Waals surface area (Å²) in [6.07, 6.45) is 0. The maximum absolute atomic E-state index is 12.7. The summed E-state index contributed by atoms with van der Waals surface area (Å²) in [4.78, 5) is 14.6. The second-order valence-corrected chi connectivity index (χ2v) is 10.3. The van der Waals surface area contributed by atoms with Crippen molar-refractivity contribution in [2.45, 2.75) is 14.7 Å². The number of anilines is 1. The van der Waals surface area contributed by atoms with Crippen LogP contribution in [0.15, 0.2) is 98.0 Å². The predicted octanol–water partition coefficient (Wildman–Crippen LogP) is 4.86. The molecule has 0 radical (unpaired) electrons. The van der Waals surface area contributed by atoms with E-state index < -0.39 is 15.9 Å². The van der Waals surface area contributed by atoms with Crippen LogP contribution in [0.25, 0.3) is 0 Å². The fourth-order valence-corrected chi connectivity index (χ4v) is 4.85. The Bertz CT molecular complexity index is 1090. The average molecular weight is 491 g/mol. The fraction of sp³-hybridized carbons (Fsp3) is 0.0952. The van der Waals surface area contributed by atoms with Gasteiger partial charge in [0.25, 0.3) is 0 Å². The molecular formula is C21H19BrN2O3S2. The molecule has 0 bridgehead atoms. The number of nitrogens with zero attached hydrogens (tertiary/aromatic N) is 1. The highest BCUT2D eigenvalue weighted by Crippen LogP contribution is 2.33. The van der Waals surface area contributed by atoms with Crippen LogP contribution in [0.5, 0.6) is 0 Å². The Kier molecular flexibility index (Phi) is 7.13. The van der Waals surface area contributed by atoms with Gasteiger partial charge in [-0.3, -0.25) is 4.79 Å². The molecule has 0 aromatic heterocycles. The fourth-order valence-electron chi connectivity index (χ4n) is 2.54. The van der Waals surface area contributed by atoms with Crippen LogP contribution < -0.4 is 5.32 Å². The van der Waals surface area contributed by atoms with E-state index >= 15 is 0 Å². The molecule has 0 spiro atoms. The third-order valence-electron chi connectivity index (χ3n) is 4.02. The van der Waals surface area contributed by atoms with Gasteiger partial charge in [-0.05, 0) is 48.5 Å². The number of hydrogen-bond acceptors (Lipinski definition) is 4. The van der Waals surface area contributed by atoms with Crippen LogP contribution in [0.2, 0.25) is 0 Å². The first kappa shape index (κ1) is 21.6. The highest BCUT2D eigenvalue weighted by Gasteiger charge is 2.23. The van der Waals surface area contributed by atoms with Crippen LogP contribution in [-0.4, -0.2) is 32.2 Å². The van der Waals surface area contributed by atoms with Gasteiger partial charge >= 0.3 is 0 Å². The summed E-state index contributed by atoms with van der Waals surface area (Å²) in [5.41, 5.74) is 0.640. The van der Waals surface area contributed by atoms with Gasteiger partial charge in [0.1, 0.15) is 0 Å². The van der Waals surface area contributed by atoms with Crippen LogP contribution >= 0.6 is 27.7 Å². The molecule has 0 heterocycles. The van der Waals surface area contributed by atoms with Crippen molar-refractivity contribution in [3.05, 3.63) is 83.3 Å². The van der Waals surface area contributed by atoms with E-state index in [0.29, 0.717) is 5.69 Å². The third-order valence-corrected chi connectivity index (χ3v) is 7.45. The summed E-state index contributed by atoms with van der Waals surface area (Å²) in [5, 5.41) is 2.82. The first-order chi connectivity index (χ1) is 13.9. The summed E-state index contributed by atoms with van der Waals surface area (Å²) < 4.78 is 27.2. The second kappa shape index (κ2) is 9.58. The van der Waals surface area contributed by atoms with Crippen molar-refractivity contribution >= 4 is 49.3 Å². The Labute approximate surface area is 183 Å². The van der Waals surface area contributed by atoms with Gasteiger partial charge in [0, 0.05) is 21.3 Å². The van der Waals surface area contributed by atoms with Crippen molar-refractivity contribution < 1.29 is 13.2 Å². The average Bonchev–Trinajstić information content (AvgIpc) is 2.70. The number of amides is 1. The molecule has 5 nitrogen and oxygen atoms in total. The second-order valence-electron chi connectivity index (χ2n) is 6.17. The standard InChI is InChI=1S/C21H19BrN2O3S2/c1-24(29(26,27)18-13-11-16(22)12-14-18)15-21(25)23-19-9-5-6-10-20(19)28-17-7-3-2-4-8-17/h2-14H,15H2,1H3,(H,23,25). The van der Waals surface area contributed by atoms with Crippen molar-refractivity contribution in [2.24, 2.45) is 0 Å². The summed E-state index contributed by atoms with van der Waals surface area (Å²) in [7, 11) is -2.36. The highest BCUT2D eigenvalue weighted by molar-refractivity contribution is 9.10. The zero-order valence-electron chi connectivity index (χ0n) is 15.6. The Morgan fingerprint density at radius 1 is 0.966 bits per heavy atom. The van der Waals surface area contributed by atoms with Gasteiger partial charge < -0.3 is 5.32 Å². The number of rotatable bonds is 7. The third kappa shape index (κ3) is 5.70. The Hall–Kier alpha value is -2.13. The molecule has 8 heteroatoms. The lowest BCUT2D eigenvalue weighted by Gasteiger charge is -2.17. The largest absolute Gasteiger partial charge is 0.324 e. The van der Waals surface area contributed by atoms with Gasteiger partial charge in [-0.15, -0.1) is 0 Å². The smallest absolute Gasteiger partial charge is 0.243 e. The zero-order valence-corrected chi connectivity index (χ0v) is 18.8. The molecule has 0 unspecified atom stereocenters. The molecule has 3 aromatic rings. The molecule has 0 atom stereocenters. The van der Waals surface area contributed by atoms with Gasteiger partial charge in [0.15, 0.2) is 0 Å². The number of carbonyl (C=O) groups is 1. The topological polar surface area (TPSA) is 66.5 Å². The molecule has 1 N–H and O–H groups in total. The predicted molar refractivity (Wildman–Crippen MR) is 120 cm³/mol. The lowest BCUT2D eigenvalue weighted by atomic mass is 10.3. The van der Waals surface area contributed by atoms with Crippen LogP contribution in [0.1, 0.15) is 0 Å². The lowest BCUT2D eigenvalue weighted by Crippen LogP contribution is -2.35. The van der Waals surface area contributed by atoms with E-state index in [9.17, 15) is 13.2 Å². The van der Waals surface area contributed by atoms with Crippen LogP contribution in [0.4, 0.5) is 5.69 Å². The summed E-state index contributed by atoms with van der Waals surface area (Å²) >= 11 is 4.81. The quantitative estimate of drug-likeness (QED) is 0.513. The highest BCUT2D eigenvalue weighted by atomic mass is 79.9. The van der Waals surface area contributed by atoms with E-state index in [0.717, 1.165) is 18.6 Å². The number of sulfonamides is 1. The molecule has 3 rings (SSSR count). The van der Waals surface area contributed by atoms with E-state index in [2.05, 4.69) is 21.2 Å². The molecule has 1 amide bonds. The maximum Gasteiger partial charge on any atom is 0.243 e. The molecule has 0 saturated carbocycles. The van der Waals surface area contributed by atoms with Crippen LogP contribution in [0.3, 0.4) is 0 Å². The van der Waals surface area contributed by atoms with Gasteiger partial charge in [-0.25, -0.2) is 8.42 Å².